The summed E-state index contributed by atoms with van der Waals surface area (Å²) in [6.45, 7) is 0.523. The molecule has 0 saturated carbocycles. The molecule has 2 rings (SSSR count). The van der Waals surface area contributed by atoms with Crippen LogP contribution in [0.15, 0.2) is 42.6 Å². The molecule has 19 heavy (non-hydrogen) atoms. The van der Waals surface area contributed by atoms with Gasteiger partial charge in [-0.25, -0.2) is 4.98 Å². The Morgan fingerprint density at radius 2 is 1.95 bits per heavy atom. The van der Waals surface area contributed by atoms with Crippen LogP contribution in [0.1, 0.15) is 6.42 Å². The van der Waals surface area contributed by atoms with E-state index in [0.29, 0.717) is 28.8 Å². The predicted octanol–water partition coefficient (Wildman–Crippen LogP) is 4.44. The van der Waals surface area contributed by atoms with Crippen molar-refractivity contribution in [3.05, 3.63) is 52.6 Å². The Morgan fingerprint density at radius 1 is 1.21 bits per heavy atom. The van der Waals surface area contributed by atoms with Gasteiger partial charge in [-0.05, 0) is 18.2 Å². The molecule has 0 aliphatic rings. The van der Waals surface area contributed by atoms with Crippen LogP contribution in [0.2, 0.25) is 10.0 Å². The SMILES string of the molecule is N#CCCN(c1ccccc1)c1ncc(Cl)cc1Cl. The fourth-order valence-corrected chi connectivity index (χ4v) is 2.22. The number of para-hydroxylation sites is 1. The molecular weight excluding hydrogens is 281 g/mol. The van der Waals surface area contributed by atoms with E-state index in [4.69, 9.17) is 28.5 Å². The summed E-state index contributed by atoms with van der Waals surface area (Å²) in [6.07, 6.45) is 1.93. The number of anilines is 2. The first-order valence-corrected chi connectivity index (χ1v) is 6.48. The van der Waals surface area contributed by atoms with E-state index >= 15 is 0 Å². The number of hydrogen-bond acceptors (Lipinski definition) is 3. The van der Waals surface area contributed by atoms with Gasteiger partial charge in [-0.3, -0.25) is 0 Å². The first-order chi connectivity index (χ1) is 9.22. The number of aromatic nitrogens is 1. The summed E-state index contributed by atoms with van der Waals surface area (Å²) in [4.78, 5) is 6.16. The number of benzene rings is 1. The molecule has 5 heteroatoms. The number of rotatable bonds is 4. The fraction of sp³-hybridized carbons (Fsp3) is 0.143. The van der Waals surface area contributed by atoms with Crippen molar-refractivity contribution in [2.45, 2.75) is 6.42 Å². The lowest BCUT2D eigenvalue weighted by atomic mass is 10.2. The Bertz CT molecular complexity index is 593. The first-order valence-electron chi connectivity index (χ1n) is 5.73. The highest BCUT2D eigenvalue weighted by Gasteiger charge is 2.14. The van der Waals surface area contributed by atoms with E-state index in [2.05, 4.69) is 11.1 Å². The van der Waals surface area contributed by atoms with Crippen molar-refractivity contribution in [3.63, 3.8) is 0 Å². The van der Waals surface area contributed by atoms with Gasteiger partial charge in [0.05, 0.1) is 22.5 Å². The third kappa shape index (κ3) is 3.37. The van der Waals surface area contributed by atoms with Gasteiger partial charge in [0.2, 0.25) is 0 Å². The Balaban J connectivity index is 2.40. The Hall–Kier alpha value is -1.76. The minimum atomic E-state index is 0.384. The summed E-state index contributed by atoms with van der Waals surface area (Å²) >= 11 is 12.0. The second-order valence-corrected chi connectivity index (χ2v) is 4.70. The van der Waals surface area contributed by atoms with Crippen molar-refractivity contribution < 1.29 is 0 Å². The summed E-state index contributed by atoms with van der Waals surface area (Å²) in [5.41, 5.74) is 0.939. The van der Waals surface area contributed by atoms with Crippen molar-refractivity contribution in [3.8, 4) is 6.07 Å². The summed E-state index contributed by atoms with van der Waals surface area (Å²) in [7, 11) is 0. The molecule has 3 nitrogen and oxygen atoms in total. The molecule has 1 aromatic carbocycles. The van der Waals surface area contributed by atoms with Crippen LogP contribution in [0.3, 0.4) is 0 Å². The minimum absolute atomic E-state index is 0.384. The molecule has 0 unspecified atom stereocenters. The van der Waals surface area contributed by atoms with Gasteiger partial charge in [-0.15, -0.1) is 0 Å². The average molecular weight is 292 g/mol. The fourth-order valence-electron chi connectivity index (χ4n) is 1.73. The summed E-state index contributed by atoms with van der Waals surface area (Å²) in [5, 5.41) is 9.73. The third-order valence-corrected chi connectivity index (χ3v) is 3.04. The smallest absolute Gasteiger partial charge is 0.151 e. The van der Waals surface area contributed by atoms with E-state index in [-0.39, 0.29) is 0 Å². The van der Waals surface area contributed by atoms with Gasteiger partial charge >= 0.3 is 0 Å². The number of nitrogens with zero attached hydrogens (tertiary/aromatic N) is 3. The highest BCUT2D eigenvalue weighted by atomic mass is 35.5. The van der Waals surface area contributed by atoms with Crippen molar-refractivity contribution in [2.75, 3.05) is 11.4 Å². The zero-order chi connectivity index (χ0) is 13.7. The van der Waals surface area contributed by atoms with Crippen LogP contribution in [0.4, 0.5) is 11.5 Å². The normalized spacial score (nSPS) is 9.95. The highest BCUT2D eigenvalue weighted by molar-refractivity contribution is 6.36. The molecule has 2 aromatic rings. The Kier molecular flexibility index (Phi) is 4.62. The van der Waals surface area contributed by atoms with E-state index < -0.39 is 0 Å². The monoisotopic (exact) mass is 291 g/mol. The molecule has 1 aromatic heterocycles. The average Bonchev–Trinajstić information content (AvgIpc) is 2.42. The molecule has 0 saturated heterocycles. The summed E-state index contributed by atoms with van der Waals surface area (Å²) < 4.78 is 0. The van der Waals surface area contributed by atoms with Crippen molar-refractivity contribution in [1.82, 2.24) is 4.98 Å². The minimum Gasteiger partial charge on any atom is -0.324 e. The van der Waals surface area contributed by atoms with E-state index in [9.17, 15) is 0 Å². The van der Waals surface area contributed by atoms with Crippen molar-refractivity contribution in [2.24, 2.45) is 0 Å². The van der Waals surface area contributed by atoms with Crippen LogP contribution in [0.5, 0.6) is 0 Å². The van der Waals surface area contributed by atoms with Crippen LogP contribution in [-0.4, -0.2) is 11.5 Å². The van der Waals surface area contributed by atoms with Gasteiger partial charge in [-0.2, -0.15) is 5.26 Å². The van der Waals surface area contributed by atoms with Gasteiger partial charge in [0.15, 0.2) is 5.82 Å². The van der Waals surface area contributed by atoms with Crippen LogP contribution in [-0.2, 0) is 0 Å². The highest BCUT2D eigenvalue weighted by Crippen LogP contribution is 2.31. The zero-order valence-electron chi connectivity index (χ0n) is 10.1. The van der Waals surface area contributed by atoms with Crippen LogP contribution in [0.25, 0.3) is 0 Å². The molecule has 0 fully saturated rings. The molecule has 96 valence electrons. The Labute approximate surface area is 122 Å². The maximum Gasteiger partial charge on any atom is 0.151 e. The molecule has 0 amide bonds. The number of pyridine rings is 1. The lowest BCUT2D eigenvalue weighted by Crippen LogP contribution is -2.19. The van der Waals surface area contributed by atoms with Gasteiger partial charge in [0.1, 0.15) is 0 Å². The van der Waals surface area contributed by atoms with E-state index in [1.807, 2.05) is 35.2 Å². The third-order valence-electron chi connectivity index (χ3n) is 2.56. The van der Waals surface area contributed by atoms with Gasteiger partial charge < -0.3 is 4.90 Å². The first kappa shape index (κ1) is 13.7. The summed E-state index contributed by atoms with van der Waals surface area (Å²) in [6, 6.07) is 13.5. The molecule has 0 N–H and O–H groups in total. The number of nitriles is 1. The Morgan fingerprint density at radius 3 is 2.58 bits per heavy atom. The lowest BCUT2D eigenvalue weighted by Gasteiger charge is -2.23. The summed E-state index contributed by atoms with van der Waals surface area (Å²) in [5.74, 6) is 0.604. The van der Waals surface area contributed by atoms with Crippen LogP contribution < -0.4 is 4.90 Å². The molecular formula is C14H11Cl2N3. The predicted molar refractivity (Wildman–Crippen MR) is 77.9 cm³/mol. The van der Waals surface area contributed by atoms with Gasteiger partial charge in [0, 0.05) is 18.4 Å². The molecule has 0 bridgehead atoms. The second-order valence-electron chi connectivity index (χ2n) is 3.85. The number of halogens is 2. The van der Waals surface area contributed by atoms with E-state index in [1.165, 1.54) is 0 Å². The maximum absolute atomic E-state index is 8.77. The standard InChI is InChI=1S/C14H11Cl2N3/c15-11-9-13(16)14(18-10-11)19(8-4-7-17)12-5-2-1-3-6-12/h1-3,5-6,9-10H,4,8H2. The quantitative estimate of drug-likeness (QED) is 0.836. The molecule has 0 spiro atoms. The largest absolute Gasteiger partial charge is 0.324 e. The van der Waals surface area contributed by atoms with E-state index in [1.54, 1.807) is 12.3 Å². The topological polar surface area (TPSA) is 39.9 Å². The van der Waals surface area contributed by atoms with Crippen LogP contribution in [0, 0.1) is 11.3 Å². The van der Waals surface area contributed by atoms with Gasteiger partial charge in [0.25, 0.3) is 0 Å². The van der Waals surface area contributed by atoms with Crippen LogP contribution >= 0.6 is 23.2 Å². The van der Waals surface area contributed by atoms with Crippen molar-refractivity contribution in [1.29, 1.82) is 5.26 Å². The zero-order valence-corrected chi connectivity index (χ0v) is 11.6. The molecule has 0 aliphatic heterocycles. The molecule has 0 aliphatic carbocycles. The lowest BCUT2D eigenvalue weighted by molar-refractivity contribution is 0.927. The second kappa shape index (κ2) is 6.42. The van der Waals surface area contributed by atoms with Gasteiger partial charge in [-0.1, -0.05) is 41.4 Å². The molecule has 0 radical (unpaired) electrons. The molecule has 1 heterocycles. The molecule has 0 atom stereocenters. The number of hydrogen-bond donors (Lipinski definition) is 0. The van der Waals surface area contributed by atoms with E-state index in [0.717, 1.165) is 5.69 Å². The maximum atomic E-state index is 8.77. The van der Waals surface area contributed by atoms with Crippen molar-refractivity contribution >= 4 is 34.7 Å².